The first kappa shape index (κ1) is 13.6. The molecule has 1 aromatic heterocycles. The Morgan fingerprint density at radius 2 is 2.22 bits per heavy atom. The van der Waals surface area contributed by atoms with Crippen LogP contribution in [0.1, 0.15) is 19.8 Å². The van der Waals surface area contributed by atoms with Gasteiger partial charge in [0, 0.05) is 19.3 Å². The highest BCUT2D eigenvalue weighted by molar-refractivity contribution is 6.30. The van der Waals surface area contributed by atoms with Crippen molar-refractivity contribution in [2.24, 2.45) is 5.92 Å². The van der Waals surface area contributed by atoms with Crippen molar-refractivity contribution >= 4 is 17.4 Å². The molecule has 0 aromatic carbocycles. The van der Waals surface area contributed by atoms with Crippen LogP contribution in [0.4, 0.5) is 10.2 Å². The number of hydrogen-bond acceptors (Lipinski definition) is 3. The molecular formula is C13H19ClFN3. The predicted octanol–water partition coefficient (Wildman–Crippen LogP) is 2.70. The van der Waals surface area contributed by atoms with E-state index in [2.05, 4.69) is 10.3 Å². The molecule has 1 aromatic rings. The Hall–Kier alpha value is -0.870. The SMILES string of the molecule is CCN(CC1CCNCC1)c1ncc(Cl)cc1F. The van der Waals surface area contributed by atoms with Crippen molar-refractivity contribution in [2.75, 3.05) is 31.1 Å². The molecule has 2 rings (SSSR count). The Kier molecular flexibility index (Phi) is 4.78. The lowest BCUT2D eigenvalue weighted by Crippen LogP contribution is -2.36. The third kappa shape index (κ3) is 3.33. The minimum Gasteiger partial charge on any atom is -0.354 e. The summed E-state index contributed by atoms with van der Waals surface area (Å²) in [6.45, 7) is 5.76. The Balaban J connectivity index is 2.07. The van der Waals surface area contributed by atoms with Crippen LogP contribution in [0.5, 0.6) is 0 Å². The Morgan fingerprint density at radius 3 is 2.83 bits per heavy atom. The van der Waals surface area contributed by atoms with Gasteiger partial charge < -0.3 is 10.2 Å². The number of anilines is 1. The van der Waals surface area contributed by atoms with Crippen LogP contribution < -0.4 is 10.2 Å². The first-order chi connectivity index (χ1) is 8.70. The second kappa shape index (κ2) is 6.34. The summed E-state index contributed by atoms with van der Waals surface area (Å²) < 4.78 is 13.8. The summed E-state index contributed by atoms with van der Waals surface area (Å²) in [6.07, 6.45) is 3.79. The molecule has 1 saturated heterocycles. The summed E-state index contributed by atoms with van der Waals surface area (Å²) in [5.74, 6) is 0.696. The topological polar surface area (TPSA) is 28.2 Å². The number of piperidine rings is 1. The monoisotopic (exact) mass is 271 g/mol. The van der Waals surface area contributed by atoms with E-state index in [1.54, 1.807) is 0 Å². The maximum absolute atomic E-state index is 13.8. The van der Waals surface area contributed by atoms with Gasteiger partial charge in [-0.25, -0.2) is 9.37 Å². The number of nitrogens with one attached hydrogen (secondary N) is 1. The van der Waals surface area contributed by atoms with Gasteiger partial charge in [-0.15, -0.1) is 0 Å². The molecule has 1 aliphatic heterocycles. The van der Waals surface area contributed by atoms with Crippen LogP contribution in [-0.2, 0) is 0 Å². The van der Waals surface area contributed by atoms with E-state index in [0.29, 0.717) is 16.8 Å². The van der Waals surface area contributed by atoms with Crippen LogP contribution in [0.15, 0.2) is 12.3 Å². The standard InChI is InChI=1S/C13H19ClFN3/c1-2-18(9-10-3-5-16-6-4-10)13-12(15)7-11(14)8-17-13/h7-8,10,16H,2-6,9H2,1H3. The molecule has 0 bridgehead atoms. The Morgan fingerprint density at radius 1 is 1.50 bits per heavy atom. The van der Waals surface area contributed by atoms with Crippen molar-refractivity contribution in [3.05, 3.63) is 23.1 Å². The van der Waals surface area contributed by atoms with Gasteiger partial charge in [-0.1, -0.05) is 11.6 Å². The van der Waals surface area contributed by atoms with Gasteiger partial charge in [-0.2, -0.15) is 0 Å². The summed E-state index contributed by atoms with van der Waals surface area (Å²) >= 11 is 5.73. The van der Waals surface area contributed by atoms with Crippen LogP contribution in [0.2, 0.25) is 5.02 Å². The fourth-order valence-corrected chi connectivity index (χ4v) is 2.53. The molecule has 0 atom stereocenters. The van der Waals surface area contributed by atoms with E-state index in [1.165, 1.54) is 12.3 Å². The van der Waals surface area contributed by atoms with Crippen LogP contribution >= 0.6 is 11.6 Å². The molecular weight excluding hydrogens is 253 g/mol. The Bertz CT molecular complexity index is 394. The number of pyridine rings is 1. The highest BCUT2D eigenvalue weighted by Gasteiger charge is 2.19. The normalized spacial score (nSPS) is 16.8. The Labute approximate surface area is 112 Å². The lowest BCUT2D eigenvalue weighted by atomic mass is 9.97. The fourth-order valence-electron chi connectivity index (χ4n) is 2.38. The zero-order valence-corrected chi connectivity index (χ0v) is 11.4. The molecule has 18 heavy (non-hydrogen) atoms. The third-order valence-corrected chi connectivity index (χ3v) is 3.61. The summed E-state index contributed by atoms with van der Waals surface area (Å²) in [4.78, 5) is 6.12. The number of rotatable bonds is 4. The molecule has 0 radical (unpaired) electrons. The minimum absolute atomic E-state index is 0.335. The largest absolute Gasteiger partial charge is 0.354 e. The van der Waals surface area contributed by atoms with Crippen LogP contribution in [0.3, 0.4) is 0 Å². The molecule has 100 valence electrons. The highest BCUT2D eigenvalue weighted by atomic mass is 35.5. The average molecular weight is 272 g/mol. The molecule has 5 heteroatoms. The molecule has 0 amide bonds. The highest BCUT2D eigenvalue weighted by Crippen LogP contribution is 2.22. The van der Waals surface area contributed by atoms with E-state index < -0.39 is 0 Å². The smallest absolute Gasteiger partial charge is 0.167 e. The van der Waals surface area contributed by atoms with Gasteiger partial charge in [0.1, 0.15) is 0 Å². The van der Waals surface area contributed by atoms with Crippen molar-refractivity contribution in [3.8, 4) is 0 Å². The zero-order chi connectivity index (χ0) is 13.0. The maximum atomic E-state index is 13.8. The van der Waals surface area contributed by atoms with Gasteiger partial charge in [0.2, 0.25) is 0 Å². The van der Waals surface area contributed by atoms with Crippen molar-refractivity contribution in [1.82, 2.24) is 10.3 Å². The minimum atomic E-state index is -0.335. The van der Waals surface area contributed by atoms with E-state index in [-0.39, 0.29) is 5.82 Å². The van der Waals surface area contributed by atoms with Crippen LogP contribution in [-0.4, -0.2) is 31.2 Å². The third-order valence-electron chi connectivity index (χ3n) is 3.41. The van der Waals surface area contributed by atoms with E-state index >= 15 is 0 Å². The summed E-state index contributed by atoms with van der Waals surface area (Å²) in [6, 6.07) is 1.33. The molecule has 0 spiro atoms. The molecule has 1 N–H and O–H groups in total. The first-order valence-corrected chi connectivity index (χ1v) is 6.85. The first-order valence-electron chi connectivity index (χ1n) is 6.47. The molecule has 0 saturated carbocycles. The summed E-state index contributed by atoms with van der Waals surface area (Å²) in [7, 11) is 0. The predicted molar refractivity (Wildman–Crippen MR) is 72.7 cm³/mol. The van der Waals surface area contributed by atoms with Crippen LogP contribution in [0.25, 0.3) is 0 Å². The van der Waals surface area contributed by atoms with Gasteiger partial charge >= 0.3 is 0 Å². The molecule has 1 fully saturated rings. The number of aromatic nitrogens is 1. The lowest BCUT2D eigenvalue weighted by Gasteiger charge is -2.30. The lowest BCUT2D eigenvalue weighted by molar-refractivity contribution is 0.373. The van der Waals surface area contributed by atoms with Crippen molar-refractivity contribution in [2.45, 2.75) is 19.8 Å². The van der Waals surface area contributed by atoms with Crippen molar-refractivity contribution in [3.63, 3.8) is 0 Å². The number of hydrogen-bond donors (Lipinski definition) is 1. The second-order valence-electron chi connectivity index (χ2n) is 4.69. The number of halogens is 2. The molecule has 0 unspecified atom stereocenters. The van der Waals surface area contributed by atoms with Crippen molar-refractivity contribution in [1.29, 1.82) is 0 Å². The average Bonchev–Trinajstić information content (AvgIpc) is 2.38. The van der Waals surface area contributed by atoms with Gasteiger partial charge in [-0.05, 0) is 44.8 Å². The molecule has 2 heterocycles. The fraction of sp³-hybridized carbons (Fsp3) is 0.615. The molecule has 0 aliphatic carbocycles. The van der Waals surface area contributed by atoms with E-state index in [0.717, 1.165) is 39.0 Å². The maximum Gasteiger partial charge on any atom is 0.167 e. The number of nitrogens with zero attached hydrogens (tertiary/aromatic N) is 2. The van der Waals surface area contributed by atoms with Gasteiger partial charge in [0.15, 0.2) is 11.6 Å². The molecule has 3 nitrogen and oxygen atoms in total. The van der Waals surface area contributed by atoms with Gasteiger partial charge in [-0.3, -0.25) is 0 Å². The van der Waals surface area contributed by atoms with Gasteiger partial charge in [0.05, 0.1) is 5.02 Å². The molecule has 1 aliphatic rings. The van der Waals surface area contributed by atoms with Crippen LogP contribution in [0, 0.1) is 11.7 Å². The zero-order valence-electron chi connectivity index (χ0n) is 10.6. The summed E-state index contributed by atoms with van der Waals surface area (Å²) in [5.41, 5.74) is 0. The quantitative estimate of drug-likeness (QED) is 0.913. The van der Waals surface area contributed by atoms with E-state index in [4.69, 9.17) is 11.6 Å². The van der Waals surface area contributed by atoms with E-state index in [1.807, 2.05) is 11.8 Å². The van der Waals surface area contributed by atoms with E-state index in [9.17, 15) is 4.39 Å². The second-order valence-corrected chi connectivity index (χ2v) is 5.13. The van der Waals surface area contributed by atoms with Crippen molar-refractivity contribution < 1.29 is 4.39 Å². The summed E-state index contributed by atoms with van der Waals surface area (Å²) in [5, 5.41) is 3.68. The van der Waals surface area contributed by atoms with Gasteiger partial charge in [0.25, 0.3) is 0 Å².